The van der Waals surface area contributed by atoms with Crippen LogP contribution in [-0.2, 0) is 15.2 Å². The summed E-state index contributed by atoms with van der Waals surface area (Å²) in [5, 5.41) is 24.1. The summed E-state index contributed by atoms with van der Waals surface area (Å²) in [5.74, 6) is -1.76. The van der Waals surface area contributed by atoms with Crippen molar-refractivity contribution in [2.24, 2.45) is 0 Å². The van der Waals surface area contributed by atoms with E-state index in [4.69, 9.17) is 0 Å². The fraction of sp³-hybridized carbons (Fsp3) is 0.222. The van der Waals surface area contributed by atoms with Crippen LogP contribution >= 0.6 is 0 Å². The van der Waals surface area contributed by atoms with E-state index < -0.39 is 17.5 Å². The molecule has 0 saturated carbocycles. The van der Waals surface area contributed by atoms with Gasteiger partial charge in [0.2, 0.25) is 0 Å². The van der Waals surface area contributed by atoms with Gasteiger partial charge in [-0.15, -0.1) is 0 Å². The maximum absolute atomic E-state index is 12.6. The molecule has 0 unspecified atom stereocenters. The molecule has 120 valence electrons. The predicted molar refractivity (Wildman–Crippen MR) is 83.1 cm³/mol. The Morgan fingerprint density at radius 3 is 1.87 bits per heavy atom. The largest absolute Gasteiger partial charge is 0.550 e. The number of rotatable bonds is 7. The average Bonchev–Trinajstić information content (AvgIpc) is 2.59. The molecule has 0 radical (unpaired) electrons. The minimum atomic E-state index is -1.83. The van der Waals surface area contributed by atoms with Gasteiger partial charge in [-0.2, -0.15) is 0 Å². The Bertz CT molecular complexity index is 616. The quantitative estimate of drug-likeness (QED) is 0.731. The number of nitrogens with one attached hydrogen (secondary N) is 1. The minimum Gasteiger partial charge on any atom is -0.550 e. The van der Waals surface area contributed by atoms with Gasteiger partial charge in [-0.1, -0.05) is 60.7 Å². The lowest BCUT2D eigenvalue weighted by molar-refractivity contribution is -0.305. The number of benzene rings is 2. The molecule has 0 aliphatic heterocycles. The number of hydrogen-bond acceptors (Lipinski definition) is 4. The van der Waals surface area contributed by atoms with Crippen molar-refractivity contribution in [2.75, 3.05) is 6.54 Å². The van der Waals surface area contributed by atoms with Crippen LogP contribution in [0.25, 0.3) is 0 Å². The topological polar surface area (TPSA) is 89.5 Å². The summed E-state index contributed by atoms with van der Waals surface area (Å²) in [6, 6.07) is 17.3. The van der Waals surface area contributed by atoms with Crippen molar-refractivity contribution in [1.29, 1.82) is 0 Å². The fourth-order valence-electron chi connectivity index (χ4n) is 2.35. The number of carboxylic acids is 1. The van der Waals surface area contributed by atoms with Crippen molar-refractivity contribution in [3.05, 3.63) is 71.8 Å². The molecule has 0 atom stereocenters. The highest BCUT2D eigenvalue weighted by atomic mass is 16.4. The summed E-state index contributed by atoms with van der Waals surface area (Å²) in [4.78, 5) is 23.0. The van der Waals surface area contributed by atoms with E-state index in [1.165, 1.54) is 0 Å². The van der Waals surface area contributed by atoms with Gasteiger partial charge in [-0.05, 0) is 24.0 Å². The number of carbonyl (C=O) groups excluding carboxylic acids is 2. The van der Waals surface area contributed by atoms with Gasteiger partial charge in [0.15, 0.2) is 5.60 Å². The molecule has 0 fully saturated rings. The van der Waals surface area contributed by atoms with E-state index in [-0.39, 0.29) is 19.4 Å². The third-order valence-corrected chi connectivity index (χ3v) is 3.55. The highest BCUT2D eigenvalue weighted by molar-refractivity contribution is 5.90. The Morgan fingerprint density at radius 2 is 1.43 bits per heavy atom. The van der Waals surface area contributed by atoms with Crippen LogP contribution in [0.5, 0.6) is 0 Å². The Kier molecular flexibility index (Phi) is 5.49. The first-order chi connectivity index (χ1) is 11.0. The Hall–Kier alpha value is -2.66. The molecule has 0 aliphatic carbocycles. The van der Waals surface area contributed by atoms with Crippen LogP contribution in [0.1, 0.15) is 24.0 Å². The first-order valence-electron chi connectivity index (χ1n) is 7.36. The van der Waals surface area contributed by atoms with Gasteiger partial charge in [0.05, 0.1) is 0 Å². The van der Waals surface area contributed by atoms with E-state index in [9.17, 15) is 19.8 Å². The number of amides is 1. The lowest BCUT2D eigenvalue weighted by Gasteiger charge is -2.28. The van der Waals surface area contributed by atoms with Gasteiger partial charge in [0.25, 0.3) is 5.91 Å². The highest BCUT2D eigenvalue weighted by Gasteiger charge is 2.39. The second-order valence-corrected chi connectivity index (χ2v) is 5.17. The highest BCUT2D eigenvalue weighted by Crippen LogP contribution is 2.29. The maximum atomic E-state index is 12.6. The van der Waals surface area contributed by atoms with E-state index in [1.807, 2.05) is 0 Å². The molecule has 5 heteroatoms. The standard InChI is InChI=1S/C18H19NO4/c20-16(21)12-7-13-19-17(22)18(23,14-8-3-1-4-9-14)15-10-5-2-6-11-15/h1-6,8-11,23H,7,12-13H2,(H,19,22)(H,20,21)/p-1. The normalized spacial score (nSPS) is 11.0. The van der Waals surface area contributed by atoms with Crippen molar-refractivity contribution in [1.82, 2.24) is 5.32 Å². The van der Waals surface area contributed by atoms with Gasteiger partial charge in [0.1, 0.15) is 0 Å². The smallest absolute Gasteiger partial charge is 0.261 e. The van der Waals surface area contributed by atoms with Gasteiger partial charge < -0.3 is 20.3 Å². The Balaban J connectivity index is 2.24. The average molecular weight is 312 g/mol. The maximum Gasteiger partial charge on any atom is 0.261 e. The fourth-order valence-corrected chi connectivity index (χ4v) is 2.35. The van der Waals surface area contributed by atoms with E-state index in [1.54, 1.807) is 60.7 Å². The van der Waals surface area contributed by atoms with Crippen molar-refractivity contribution >= 4 is 11.9 Å². The SMILES string of the molecule is O=C([O-])CCCNC(=O)C(O)(c1ccccc1)c1ccccc1. The third kappa shape index (κ3) is 3.96. The van der Waals surface area contributed by atoms with Crippen LogP contribution in [0, 0.1) is 0 Å². The second-order valence-electron chi connectivity index (χ2n) is 5.17. The molecule has 0 spiro atoms. The molecule has 0 saturated heterocycles. The summed E-state index contributed by atoms with van der Waals surface area (Å²) < 4.78 is 0. The van der Waals surface area contributed by atoms with Gasteiger partial charge in [-0.25, -0.2) is 0 Å². The summed E-state index contributed by atoms with van der Waals surface area (Å²) in [6.07, 6.45) is 0.100. The molecule has 0 aliphatic rings. The Labute approximate surface area is 134 Å². The minimum absolute atomic E-state index is 0.143. The van der Waals surface area contributed by atoms with Gasteiger partial charge >= 0.3 is 0 Å². The lowest BCUT2D eigenvalue weighted by Crippen LogP contribution is -2.45. The first-order valence-corrected chi connectivity index (χ1v) is 7.36. The molecule has 0 heterocycles. The molecule has 2 rings (SSSR count). The molecule has 23 heavy (non-hydrogen) atoms. The monoisotopic (exact) mass is 312 g/mol. The van der Waals surface area contributed by atoms with E-state index >= 15 is 0 Å². The van der Waals surface area contributed by atoms with Crippen LogP contribution in [-0.4, -0.2) is 23.5 Å². The van der Waals surface area contributed by atoms with Crippen molar-refractivity contribution in [2.45, 2.75) is 18.4 Å². The molecule has 2 N–H and O–H groups in total. The zero-order chi connectivity index (χ0) is 16.7. The first kappa shape index (κ1) is 16.7. The molecule has 2 aromatic carbocycles. The summed E-state index contributed by atoms with van der Waals surface area (Å²) >= 11 is 0. The molecular formula is C18H18NO4-. The van der Waals surface area contributed by atoms with E-state index in [0.717, 1.165) is 0 Å². The van der Waals surface area contributed by atoms with Crippen LogP contribution in [0.15, 0.2) is 60.7 Å². The second kappa shape index (κ2) is 7.56. The summed E-state index contributed by atoms with van der Waals surface area (Å²) in [5.41, 5.74) is -0.934. The zero-order valence-electron chi connectivity index (χ0n) is 12.6. The number of carbonyl (C=O) groups is 2. The molecular weight excluding hydrogens is 294 g/mol. The van der Waals surface area contributed by atoms with Crippen molar-refractivity contribution in [3.8, 4) is 0 Å². The molecule has 0 bridgehead atoms. The van der Waals surface area contributed by atoms with Crippen molar-refractivity contribution in [3.63, 3.8) is 0 Å². The predicted octanol–water partition coefficient (Wildman–Crippen LogP) is 0.569. The van der Waals surface area contributed by atoms with Crippen LogP contribution < -0.4 is 10.4 Å². The number of hydrogen-bond donors (Lipinski definition) is 2. The third-order valence-electron chi connectivity index (χ3n) is 3.55. The van der Waals surface area contributed by atoms with Crippen LogP contribution in [0.3, 0.4) is 0 Å². The van der Waals surface area contributed by atoms with Crippen LogP contribution in [0.2, 0.25) is 0 Å². The Morgan fingerprint density at radius 1 is 0.957 bits per heavy atom. The summed E-state index contributed by atoms with van der Waals surface area (Å²) in [7, 11) is 0. The zero-order valence-corrected chi connectivity index (χ0v) is 12.6. The number of carboxylic acid groups (broad SMARTS) is 1. The number of aliphatic carboxylic acids is 1. The lowest BCUT2D eigenvalue weighted by atomic mass is 9.85. The molecule has 1 amide bonds. The van der Waals surface area contributed by atoms with Crippen LogP contribution in [0.4, 0.5) is 0 Å². The van der Waals surface area contributed by atoms with Gasteiger partial charge in [0, 0.05) is 12.5 Å². The molecule has 2 aromatic rings. The number of aliphatic hydroxyl groups is 1. The summed E-state index contributed by atoms with van der Waals surface area (Å²) in [6.45, 7) is 0.148. The molecule has 5 nitrogen and oxygen atoms in total. The van der Waals surface area contributed by atoms with E-state index in [2.05, 4.69) is 5.32 Å². The van der Waals surface area contributed by atoms with Gasteiger partial charge in [-0.3, -0.25) is 4.79 Å². The molecule has 0 aromatic heterocycles. The van der Waals surface area contributed by atoms with E-state index in [0.29, 0.717) is 11.1 Å². The van der Waals surface area contributed by atoms with Crippen molar-refractivity contribution < 1.29 is 19.8 Å².